The summed E-state index contributed by atoms with van der Waals surface area (Å²) in [6, 6.07) is 5.89. The number of carbonyl (C=O) groups excluding carboxylic acids is 1. The molecule has 1 saturated heterocycles. The van der Waals surface area contributed by atoms with E-state index in [4.69, 9.17) is 18.0 Å². The molecule has 96 valence electrons. The van der Waals surface area contributed by atoms with Crippen molar-refractivity contribution >= 4 is 44.7 Å². The van der Waals surface area contributed by atoms with Gasteiger partial charge in [-0.1, -0.05) is 28.1 Å². The highest BCUT2D eigenvalue weighted by molar-refractivity contribution is 9.10. The lowest BCUT2D eigenvalue weighted by molar-refractivity contribution is -0.119. The van der Waals surface area contributed by atoms with E-state index in [2.05, 4.69) is 26.6 Å². The molecule has 1 aliphatic heterocycles. The number of nitrogens with two attached hydrogens (primary N) is 1. The van der Waals surface area contributed by atoms with Gasteiger partial charge in [0.1, 0.15) is 4.99 Å². The Morgan fingerprint density at radius 1 is 1.61 bits per heavy atom. The molecule has 0 aliphatic carbocycles. The first-order valence-corrected chi connectivity index (χ1v) is 6.89. The summed E-state index contributed by atoms with van der Waals surface area (Å²) in [5.74, 6) is 0.116. The van der Waals surface area contributed by atoms with Crippen LogP contribution in [0.1, 0.15) is 18.4 Å². The molecule has 0 spiro atoms. The Morgan fingerprint density at radius 3 is 3.00 bits per heavy atom. The molecule has 0 radical (unpaired) electrons. The summed E-state index contributed by atoms with van der Waals surface area (Å²) in [5.41, 5.74) is 7.38. The van der Waals surface area contributed by atoms with Gasteiger partial charge in [0.15, 0.2) is 0 Å². The highest BCUT2D eigenvalue weighted by atomic mass is 79.9. The van der Waals surface area contributed by atoms with Gasteiger partial charge < -0.3 is 16.4 Å². The van der Waals surface area contributed by atoms with Gasteiger partial charge >= 0.3 is 0 Å². The Hall–Kier alpha value is -1.14. The predicted octanol–water partition coefficient (Wildman–Crippen LogP) is 1.77. The SMILES string of the molecule is NC(=S)c1ccc(Br)cc1NCC1CCC(=O)N1. The number of benzene rings is 1. The highest BCUT2D eigenvalue weighted by Gasteiger charge is 2.20. The highest BCUT2D eigenvalue weighted by Crippen LogP contribution is 2.22. The number of halogens is 1. The topological polar surface area (TPSA) is 67.1 Å². The Labute approximate surface area is 119 Å². The fraction of sp³-hybridized carbons (Fsp3) is 0.333. The molecule has 2 rings (SSSR count). The average molecular weight is 328 g/mol. The van der Waals surface area contributed by atoms with Crippen LogP contribution in [0, 0.1) is 0 Å². The molecule has 1 amide bonds. The molecule has 4 N–H and O–H groups in total. The zero-order valence-electron chi connectivity index (χ0n) is 9.70. The van der Waals surface area contributed by atoms with Crippen molar-refractivity contribution in [3.8, 4) is 0 Å². The van der Waals surface area contributed by atoms with Gasteiger partial charge in [-0.05, 0) is 24.6 Å². The molecule has 1 unspecified atom stereocenters. The van der Waals surface area contributed by atoms with Gasteiger partial charge in [0.05, 0.1) is 0 Å². The lowest BCUT2D eigenvalue weighted by Crippen LogP contribution is -2.32. The minimum absolute atomic E-state index is 0.116. The van der Waals surface area contributed by atoms with Crippen molar-refractivity contribution < 1.29 is 4.79 Å². The molecule has 1 aromatic rings. The molecule has 1 atom stereocenters. The first-order chi connectivity index (χ1) is 8.56. The van der Waals surface area contributed by atoms with Gasteiger partial charge in [0.25, 0.3) is 0 Å². The second kappa shape index (κ2) is 5.67. The Bertz CT molecular complexity index is 492. The van der Waals surface area contributed by atoms with E-state index in [1.165, 1.54) is 0 Å². The monoisotopic (exact) mass is 327 g/mol. The third kappa shape index (κ3) is 3.20. The summed E-state index contributed by atoms with van der Waals surface area (Å²) in [6.07, 6.45) is 1.47. The normalized spacial score (nSPS) is 18.5. The van der Waals surface area contributed by atoms with Crippen LogP contribution in [0.5, 0.6) is 0 Å². The van der Waals surface area contributed by atoms with Gasteiger partial charge in [0, 0.05) is 34.7 Å². The van der Waals surface area contributed by atoms with E-state index < -0.39 is 0 Å². The number of hydrogen-bond acceptors (Lipinski definition) is 3. The zero-order valence-corrected chi connectivity index (χ0v) is 12.1. The smallest absolute Gasteiger partial charge is 0.220 e. The van der Waals surface area contributed by atoms with Crippen LogP contribution in [0.15, 0.2) is 22.7 Å². The molecular weight excluding hydrogens is 314 g/mol. The summed E-state index contributed by atoms with van der Waals surface area (Å²) in [7, 11) is 0. The second-order valence-corrected chi connectivity index (χ2v) is 5.59. The number of nitrogens with one attached hydrogen (secondary N) is 2. The predicted molar refractivity (Wildman–Crippen MR) is 79.7 cm³/mol. The fourth-order valence-electron chi connectivity index (χ4n) is 1.94. The molecule has 0 saturated carbocycles. The van der Waals surface area contributed by atoms with Crippen molar-refractivity contribution in [2.24, 2.45) is 5.73 Å². The Kier molecular flexibility index (Phi) is 4.19. The minimum atomic E-state index is 0.116. The maximum atomic E-state index is 11.1. The number of rotatable bonds is 4. The van der Waals surface area contributed by atoms with Crippen LogP contribution in [0.2, 0.25) is 0 Å². The van der Waals surface area contributed by atoms with Crippen molar-refractivity contribution in [3.05, 3.63) is 28.2 Å². The molecule has 1 aliphatic rings. The molecule has 1 heterocycles. The third-order valence-corrected chi connectivity index (χ3v) is 3.58. The van der Waals surface area contributed by atoms with Crippen molar-refractivity contribution in [1.29, 1.82) is 0 Å². The van der Waals surface area contributed by atoms with E-state index in [0.29, 0.717) is 18.0 Å². The van der Waals surface area contributed by atoms with E-state index in [1.54, 1.807) is 0 Å². The standard InChI is InChI=1S/C12H14BrN3OS/c13-7-1-3-9(12(14)18)10(5-7)15-6-8-2-4-11(17)16-8/h1,3,5,8,15H,2,4,6H2,(H2,14,18)(H,16,17). The van der Waals surface area contributed by atoms with E-state index >= 15 is 0 Å². The Balaban J connectivity index is 2.06. The van der Waals surface area contributed by atoms with Crippen LogP contribution >= 0.6 is 28.1 Å². The van der Waals surface area contributed by atoms with Crippen LogP contribution in [0.4, 0.5) is 5.69 Å². The van der Waals surface area contributed by atoms with Crippen LogP contribution in [0.25, 0.3) is 0 Å². The van der Waals surface area contributed by atoms with Crippen molar-refractivity contribution in [2.45, 2.75) is 18.9 Å². The van der Waals surface area contributed by atoms with Crippen LogP contribution in [0.3, 0.4) is 0 Å². The van der Waals surface area contributed by atoms with Crippen LogP contribution in [-0.4, -0.2) is 23.5 Å². The summed E-state index contributed by atoms with van der Waals surface area (Å²) < 4.78 is 0.959. The van der Waals surface area contributed by atoms with Gasteiger partial charge in [-0.2, -0.15) is 0 Å². The minimum Gasteiger partial charge on any atom is -0.389 e. The molecule has 0 bridgehead atoms. The summed E-state index contributed by atoms with van der Waals surface area (Å²) in [6.45, 7) is 0.678. The van der Waals surface area contributed by atoms with Gasteiger partial charge in [-0.15, -0.1) is 0 Å². The lowest BCUT2D eigenvalue weighted by Gasteiger charge is -2.15. The number of anilines is 1. The summed E-state index contributed by atoms with van der Waals surface area (Å²) >= 11 is 8.43. The molecule has 0 aromatic heterocycles. The largest absolute Gasteiger partial charge is 0.389 e. The van der Waals surface area contributed by atoms with Crippen LogP contribution < -0.4 is 16.4 Å². The molecule has 4 nitrogen and oxygen atoms in total. The quantitative estimate of drug-likeness (QED) is 0.737. The Morgan fingerprint density at radius 2 is 2.39 bits per heavy atom. The van der Waals surface area contributed by atoms with E-state index in [-0.39, 0.29) is 11.9 Å². The third-order valence-electron chi connectivity index (χ3n) is 2.87. The molecule has 1 fully saturated rings. The molecular formula is C12H14BrN3OS. The maximum absolute atomic E-state index is 11.1. The first kappa shape index (κ1) is 13.3. The zero-order chi connectivity index (χ0) is 13.1. The summed E-state index contributed by atoms with van der Waals surface area (Å²) in [4.78, 5) is 11.5. The van der Waals surface area contributed by atoms with Gasteiger partial charge in [-0.3, -0.25) is 4.79 Å². The van der Waals surface area contributed by atoms with E-state index in [1.807, 2.05) is 18.2 Å². The van der Waals surface area contributed by atoms with E-state index in [0.717, 1.165) is 22.1 Å². The number of hydrogen-bond donors (Lipinski definition) is 3. The molecule has 1 aromatic carbocycles. The number of thiocarbonyl (C=S) groups is 1. The van der Waals surface area contributed by atoms with Crippen molar-refractivity contribution in [2.75, 3.05) is 11.9 Å². The average Bonchev–Trinajstić information content (AvgIpc) is 2.72. The van der Waals surface area contributed by atoms with Crippen molar-refractivity contribution in [1.82, 2.24) is 5.32 Å². The number of carbonyl (C=O) groups is 1. The van der Waals surface area contributed by atoms with E-state index in [9.17, 15) is 4.79 Å². The first-order valence-electron chi connectivity index (χ1n) is 5.69. The fourth-order valence-corrected chi connectivity index (χ4v) is 2.48. The molecule has 6 heteroatoms. The summed E-state index contributed by atoms with van der Waals surface area (Å²) in [5, 5.41) is 6.20. The maximum Gasteiger partial charge on any atom is 0.220 e. The number of amides is 1. The van der Waals surface area contributed by atoms with Gasteiger partial charge in [-0.25, -0.2) is 0 Å². The van der Waals surface area contributed by atoms with Gasteiger partial charge in [0.2, 0.25) is 5.91 Å². The van der Waals surface area contributed by atoms with Crippen molar-refractivity contribution in [3.63, 3.8) is 0 Å². The second-order valence-electron chi connectivity index (χ2n) is 4.24. The lowest BCUT2D eigenvalue weighted by atomic mass is 10.1. The van der Waals surface area contributed by atoms with Crippen LogP contribution in [-0.2, 0) is 4.79 Å². The molecule has 18 heavy (non-hydrogen) atoms.